The van der Waals surface area contributed by atoms with Crippen LogP contribution in [0.3, 0.4) is 0 Å². The number of nitrogens with zero attached hydrogens (tertiary/aromatic N) is 1. The first-order valence-electron chi connectivity index (χ1n) is 5.85. The minimum Gasteiger partial charge on any atom is -0.454 e. The number of aromatic nitrogens is 2. The van der Waals surface area contributed by atoms with E-state index in [4.69, 9.17) is 9.47 Å². The lowest BCUT2D eigenvalue weighted by Gasteiger charge is -2.02. The Morgan fingerprint density at radius 1 is 1.16 bits per heavy atom. The van der Waals surface area contributed by atoms with E-state index in [1.807, 2.05) is 36.4 Å². The number of ether oxygens (including phenoxy) is 2. The summed E-state index contributed by atoms with van der Waals surface area (Å²) in [7, 11) is 0. The molecule has 0 radical (unpaired) electrons. The molecule has 4 rings (SSSR count). The molecular formula is C14H9BrN2O2. The van der Waals surface area contributed by atoms with Crippen molar-refractivity contribution in [2.45, 2.75) is 0 Å². The Morgan fingerprint density at radius 2 is 2.05 bits per heavy atom. The van der Waals surface area contributed by atoms with Gasteiger partial charge in [-0.3, -0.25) is 0 Å². The third kappa shape index (κ3) is 1.69. The van der Waals surface area contributed by atoms with E-state index < -0.39 is 0 Å². The first kappa shape index (κ1) is 10.9. The highest BCUT2D eigenvalue weighted by molar-refractivity contribution is 9.10. The standard InChI is InChI=1S/C14H9BrN2O2/c15-9-5-8(6-12-13(9)19-7-18-12)14-16-10-3-1-2-4-11(10)17-14/h1-6H,7H2,(H,16,17). The Morgan fingerprint density at radius 3 is 2.95 bits per heavy atom. The van der Waals surface area contributed by atoms with E-state index in [0.717, 1.165) is 38.4 Å². The zero-order chi connectivity index (χ0) is 12.8. The Balaban J connectivity index is 1.90. The minimum atomic E-state index is 0.261. The van der Waals surface area contributed by atoms with Gasteiger partial charge in [-0.25, -0.2) is 4.98 Å². The van der Waals surface area contributed by atoms with Gasteiger partial charge in [0.2, 0.25) is 6.79 Å². The van der Waals surface area contributed by atoms with Crippen LogP contribution in [0.5, 0.6) is 11.5 Å². The van der Waals surface area contributed by atoms with Gasteiger partial charge in [-0.15, -0.1) is 0 Å². The molecule has 1 aliphatic rings. The number of rotatable bonds is 1. The zero-order valence-electron chi connectivity index (χ0n) is 9.81. The van der Waals surface area contributed by atoms with Gasteiger partial charge in [-0.1, -0.05) is 12.1 Å². The smallest absolute Gasteiger partial charge is 0.231 e. The first-order valence-corrected chi connectivity index (χ1v) is 6.65. The highest BCUT2D eigenvalue weighted by atomic mass is 79.9. The van der Waals surface area contributed by atoms with Crippen LogP contribution < -0.4 is 9.47 Å². The van der Waals surface area contributed by atoms with Crippen LogP contribution in [0.4, 0.5) is 0 Å². The van der Waals surface area contributed by atoms with Crippen LogP contribution in [0.15, 0.2) is 40.9 Å². The summed E-state index contributed by atoms with van der Waals surface area (Å²) in [6.07, 6.45) is 0. The summed E-state index contributed by atoms with van der Waals surface area (Å²) in [5, 5.41) is 0. The molecule has 4 nitrogen and oxygen atoms in total. The molecule has 3 aromatic rings. The summed E-state index contributed by atoms with van der Waals surface area (Å²) in [6.45, 7) is 0.261. The second-order valence-corrected chi connectivity index (χ2v) is 5.15. The molecule has 1 aromatic heterocycles. The number of fused-ring (bicyclic) bond motifs is 2. The summed E-state index contributed by atoms with van der Waals surface area (Å²) in [4.78, 5) is 7.88. The van der Waals surface area contributed by atoms with E-state index in [9.17, 15) is 0 Å². The van der Waals surface area contributed by atoms with Gasteiger partial charge in [-0.2, -0.15) is 0 Å². The molecule has 0 bridgehead atoms. The van der Waals surface area contributed by atoms with Crippen molar-refractivity contribution in [2.75, 3.05) is 6.79 Å². The molecule has 0 aliphatic carbocycles. The van der Waals surface area contributed by atoms with Crippen LogP contribution in [-0.2, 0) is 0 Å². The van der Waals surface area contributed by atoms with Gasteiger partial charge in [0.25, 0.3) is 0 Å². The molecule has 0 fully saturated rings. The van der Waals surface area contributed by atoms with Gasteiger partial charge in [-0.05, 0) is 40.2 Å². The number of aromatic amines is 1. The number of imidazole rings is 1. The first-order chi connectivity index (χ1) is 9.31. The van der Waals surface area contributed by atoms with Gasteiger partial charge < -0.3 is 14.5 Å². The molecule has 94 valence electrons. The Kier molecular flexibility index (Phi) is 2.29. The van der Waals surface area contributed by atoms with Gasteiger partial charge in [0.15, 0.2) is 11.5 Å². The molecular weight excluding hydrogens is 308 g/mol. The van der Waals surface area contributed by atoms with Crippen LogP contribution >= 0.6 is 15.9 Å². The van der Waals surface area contributed by atoms with Crippen LogP contribution in [0.25, 0.3) is 22.4 Å². The second kappa shape index (κ2) is 3.99. The van der Waals surface area contributed by atoms with Crippen molar-refractivity contribution in [1.82, 2.24) is 9.97 Å². The summed E-state index contributed by atoms with van der Waals surface area (Å²) in [5.74, 6) is 2.31. The van der Waals surface area contributed by atoms with Crippen molar-refractivity contribution < 1.29 is 9.47 Å². The number of benzene rings is 2. The van der Waals surface area contributed by atoms with Gasteiger partial charge in [0, 0.05) is 5.56 Å². The average Bonchev–Trinajstić information content (AvgIpc) is 3.04. The van der Waals surface area contributed by atoms with Crippen molar-refractivity contribution in [1.29, 1.82) is 0 Å². The number of hydrogen-bond donors (Lipinski definition) is 1. The molecule has 0 saturated carbocycles. The molecule has 5 heteroatoms. The highest BCUT2D eigenvalue weighted by Gasteiger charge is 2.19. The maximum Gasteiger partial charge on any atom is 0.231 e. The van der Waals surface area contributed by atoms with Gasteiger partial charge in [0.1, 0.15) is 5.82 Å². The maximum absolute atomic E-state index is 5.42. The van der Waals surface area contributed by atoms with Crippen molar-refractivity contribution in [3.63, 3.8) is 0 Å². The summed E-state index contributed by atoms with van der Waals surface area (Å²) in [5.41, 5.74) is 2.94. The number of halogens is 1. The third-order valence-electron chi connectivity index (χ3n) is 3.09. The van der Waals surface area contributed by atoms with Crippen molar-refractivity contribution in [2.24, 2.45) is 0 Å². The number of nitrogens with one attached hydrogen (secondary N) is 1. The Hall–Kier alpha value is -2.01. The van der Waals surface area contributed by atoms with Gasteiger partial charge >= 0.3 is 0 Å². The molecule has 0 spiro atoms. The van der Waals surface area contributed by atoms with Crippen LogP contribution in [-0.4, -0.2) is 16.8 Å². The molecule has 0 unspecified atom stereocenters. The molecule has 19 heavy (non-hydrogen) atoms. The van der Waals surface area contributed by atoms with Crippen LogP contribution in [0.2, 0.25) is 0 Å². The van der Waals surface area contributed by atoms with E-state index in [1.54, 1.807) is 0 Å². The summed E-state index contributed by atoms with van der Waals surface area (Å²) < 4.78 is 11.7. The number of para-hydroxylation sites is 2. The predicted octanol–water partition coefficient (Wildman–Crippen LogP) is 3.72. The highest BCUT2D eigenvalue weighted by Crippen LogP contribution is 2.42. The van der Waals surface area contributed by atoms with Crippen molar-refractivity contribution >= 4 is 27.0 Å². The summed E-state index contributed by atoms with van der Waals surface area (Å²) >= 11 is 3.49. The summed E-state index contributed by atoms with van der Waals surface area (Å²) in [6, 6.07) is 11.9. The second-order valence-electron chi connectivity index (χ2n) is 4.29. The lowest BCUT2D eigenvalue weighted by atomic mass is 10.2. The lowest BCUT2D eigenvalue weighted by molar-refractivity contribution is 0.173. The fourth-order valence-electron chi connectivity index (χ4n) is 2.19. The quantitative estimate of drug-likeness (QED) is 0.744. The maximum atomic E-state index is 5.42. The normalized spacial score (nSPS) is 13.1. The van der Waals surface area contributed by atoms with E-state index in [-0.39, 0.29) is 6.79 Å². The molecule has 0 atom stereocenters. The molecule has 0 saturated heterocycles. The average molecular weight is 317 g/mol. The Bertz CT molecular complexity index is 749. The van der Waals surface area contributed by atoms with Crippen LogP contribution in [0, 0.1) is 0 Å². The van der Waals surface area contributed by atoms with Crippen LogP contribution in [0.1, 0.15) is 0 Å². The van der Waals surface area contributed by atoms with Crippen molar-refractivity contribution in [3.05, 3.63) is 40.9 Å². The molecule has 1 aliphatic heterocycles. The largest absolute Gasteiger partial charge is 0.454 e. The lowest BCUT2D eigenvalue weighted by Crippen LogP contribution is -1.93. The topological polar surface area (TPSA) is 47.1 Å². The number of hydrogen-bond acceptors (Lipinski definition) is 3. The molecule has 0 amide bonds. The molecule has 1 N–H and O–H groups in total. The zero-order valence-corrected chi connectivity index (χ0v) is 11.4. The van der Waals surface area contributed by atoms with E-state index in [1.165, 1.54) is 0 Å². The van der Waals surface area contributed by atoms with E-state index in [2.05, 4.69) is 25.9 Å². The molecule has 2 heterocycles. The SMILES string of the molecule is Brc1cc(-c2nc3ccccc3[nH]2)cc2c1OCO2. The Labute approximate surface area is 117 Å². The number of H-pyrrole nitrogens is 1. The monoisotopic (exact) mass is 316 g/mol. The predicted molar refractivity (Wildman–Crippen MR) is 75.4 cm³/mol. The minimum absolute atomic E-state index is 0.261. The third-order valence-corrected chi connectivity index (χ3v) is 3.68. The van der Waals surface area contributed by atoms with Gasteiger partial charge in [0.05, 0.1) is 15.5 Å². The van der Waals surface area contributed by atoms with E-state index in [0.29, 0.717) is 0 Å². The fourth-order valence-corrected chi connectivity index (χ4v) is 2.75. The molecule has 2 aromatic carbocycles. The fraction of sp³-hybridized carbons (Fsp3) is 0.0714. The van der Waals surface area contributed by atoms with E-state index >= 15 is 0 Å². The van der Waals surface area contributed by atoms with Crippen molar-refractivity contribution in [3.8, 4) is 22.9 Å².